The van der Waals surface area contributed by atoms with Crippen LogP contribution in [0.3, 0.4) is 0 Å². The van der Waals surface area contributed by atoms with Gasteiger partial charge in [0.2, 0.25) is 0 Å². The van der Waals surface area contributed by atoms with Crippen molar-refractivity contribution in [3.8, 4) is 0 Å². The molecule has 2 fully saturated rings. The standard InChI is InChI=1S/C30H48O3/c1-18(2)10-9-11-19(3)20-12-15-29(7)26-21(31)16-23-27(4,5)24(33)13-14-28(23,6)25(26)22(32)17-30(20,29)8/h10,19-21,23-24,31,33H,9,11-17H2,1-8H3. The van der Waals surface area contributed by atoms with Crippen molar-refractivity contribution < 1.29 is 15.0 Å². The summed E-state index contributed by atoms with van der Waals surface area (Å²) in [7, 11) is 0. The molecule has 4 rings (SSSR count). The topological polar surface area (TPSA) is 57.5 Å². The van der Waals surface area contributed by atoms with E-state index in [1.54, 1.807) is 0 Å². The summed E-state index contributed by atoms with van der Waals surface area (Å²) in [5.41, 5.74) is 2.66. The number of ketones is 1. The zero-order chi connectivity index (χ0) is 24.6. The lowest BCUT2D eigenvalue weighted by Crippen LogP contribution is -2.59. The Morgan fingerprint density at radius 3 is 2.39 bits per heavy atom. The Labute approximate surface area is 202 Å². The third-order valence-corrected chi connectivity index (χ3v) is 11.4. The Kier molecular flexibility index (Phi) is 6.14. The predicted molar refractivity (Wildman–Crippen MR) is 135 cm³/mol. The summed E-state index contributed by atoms with van der Waals surface area (Å²) in [5.74, 6) is 1.48. The van der Waals surface area contributed by atoms with Gasteiger partial charge in [-0.05, 0) is 104 Å². The molecule has 0 aromatic carbocycles. The molecule has 0 bridgehead atoms. The van der Waals surface area contributed by atoms with Crippen molar-refractivity contribution in [2.75, 3.05) is 0 Å². The van der Waals surface area contributed by atoms with Crippen molar-refractivity contribution in [2.24, 2.45) is 39.4 Å². The van der Waals surface area contributed by atoms with Crippen LogP contribution >= 0.6 is 0 Å². The third kappa shape index (κ3) is 3.46. The molecule has 0 spiro atoms. The Morgan fingerprint density at radius 1 is 1.09 bits per heavy atom. The van der Waals surface area contributed by atoms with Crippen LogP contribution in [-0.2, 0) is 4.79 Å². The van der Waals surface area contributed by atoms with E-state index >= 15 is 0 Å². The molecule has 8 atom stereocenters. The van der Waals surface area contributed by atoms with Crippen molar-refractivity contribution >= 4 is 5.78 Å². The van der Waals surface area contributed by atoms with E-state index in [0.717, 1.165) is 49.7 Å². The minimum absolute atomic E-state index is 0.0960. The van der Waals surface area contributed by atoms with Crippen LogP contribution in [0.5, 0.6) is 0 Å². The van der Waals surface area contributed by atoms with Gasteiger partial charge in [-0.3, -0.25) is 4.79 Å². The molecular weight excluding hydrogens is 408 g/mol. The summed E-state index contributed by atoms with van der Waals surface area (Å²) >= 11 is 0. The summed E-state index contributed by atoms with van der Waals surface area (Å²) in [4.78, 5) is 14.0. The van der Waals surface area contributed by atoms with E-state index < -0.39 is 6.10 Å². The average Bonchev–Trinajstić information content (AvgIpc) is 2.97. The maximum atomic E-state index is 14.0. The van der Waals surface area contributed by atoms with E-state index in [-0.39, 0.29) is 39.5 Å². The summed E-state index contributed by atoms with van der Waals surface area (Å²) in [6.07, 6.45) is 8.72. The molecule has 2 N–H and O–H groups in total. The number of hydrogen-bond donors (Lipinski definition) is 2. The molecule has 0 aromatic heterocycles. The van der Waals surface area contributed by atoms with E-state index in [4.69, 9.17) is 0 Å². The molecule has 8 unspecified atom stereocenters. The van der Waals surface area contributed by atoms with Gasteiger partial charge >= 0.3 is 0 Å². The van der Waals surface area contributed by atoms with Gasteiger partial charge in [-0.2, -0.15) is 0 Å². The predicted octanol–water partition coefficient (Wildman–Crippen LogP) is 6.63. The maximum Gasteiger partial charge on any atom is 0.160 e. The van der Waals surface area contributed by atoms with Crippen LogP contribution < -0.4 is 0 Å². The van der Waals surface area contributed by atoms with Crippen LogP contribution in [0.2, 0.25) is 0 Å². The summed E-state index contributed by atoms with van der Waals surface area (Å²) in [6, 6.07) is 0. The number of fused-ring (bicyclic) bond motifs is 4. The van der Waals surface area contributed by atoms with E-state index in [2.05, 4.69) is 61.5 Å². The van der Waals surface area contributed by atoms with Crippen molar-refractivity contribution in [2.45, 2.75) is 119 Å². The van der Waals surface area contributed by atoms with Gasteiger partial charge in [0.25, 0.3) is 0 Å². The lowest BCUT2D eigenvalue weighted by atomic mass is 9.42. The van der Waals surface area contributed by atoms with Crippen LogP contribution in [-0.4, -0.2) is 28.2 Å². The summed E-state index contributed by atoms with van der Waals surface area (Å²) in [5, 5.41) is 22.4. The van der Waals surface area contributed by atoms with Gasteiger partial charge in [0.15, 0.2) is 5.78 Å². The number of Topliss-reactive ketones (excluding diaryl/α,β-unsaturated/α-hetero) is 1. The number of aliphatic hydroxyl groups is 2. The van der Waals surface area contributed by atoms with Gasteiger partial charge in [0, 0.05) is 12.0 Å². The van der Waals surface area contributed by atoms with Crippen molar-refractivity contribution in [3.63, 3.8) is 0 Å². The Morgan fingerprint density at radius 2 is 1.76 bits per heavy atom. The molecule has 186 valence electrons. The van der Waals surface area contributed by atoms with E-state index in [9.17, 15) is 15.0 Å². The van der Waals surface area contributed by atoms with Crippen LogP contribution in [0.4, 0.5) is 0 Å². The molecule has 33 heavy (non-hydrogen) atoms. The van der Waals surface area contributed by atoms with E-state index in [0.29, 0.717) is 24.7 Å². The second kappa shape index (κ2) is 8.05. The van der Waals surface area contributed by atoms with Gasteiger partial charge in [0.05, 0.1) is 12.2 Å². The quantitative estimate of drug-likeness (QED) is 0.467. The largest absolute Gasteiger partial charge is 0.393 e. The van der Waals surface area contributed by atoms with Crippen molar-refractivity contribution in [3.05, 3.63) is 22.8 Å². The highest BCUT2D eigenvalue weighted by molar-refractivity contribution is 6.00. The highest BCUT2D eigenvalue weighted by Gasteiger charge is 2.67. The van der Waals surface area contributed by atoms with Crippen LogP contribution in [0, 0.1) is 39.4 Å². The fraction of sp³-hybridized carbons (Fsp3) is 0.833. The van der Waals surface area contributed by atoms with Crippen molar-refractivity contribution in [1.29, 1.82) is 0 Å². The zero-order valence-corrected chi connectivity index (χ0v) is 22.4. The minimum atomic E-state index is -0.573. The SMILES string of the molecule is CC(C)=CCCC(C)C1CCC2(C)C3=C(C(=O)CC12C)C1(C)CCC(O)C(C)(C)C1CC3O. The highest BCUT2D eigenvalue weighted by atomic mass is 16.3. The molecule has 0 aliphatic heterocycles. The number of carbonyl (C=O) groups is 1. The number of aliphatic hydroxyl groups excluding tert-OH is 2. The monoisotopic (exact) mass is 456 g/mol. The molecule has 0 amide bonds. The lowest BCUT2D eigenvalue weighted by Gasteiger charge is -2.62. The molecule has 2 saturated carbocycles. The van der Waals surface area contributed by atoms with Gasteiger partial charge in [-0.1, -0.05) is 53.2 Å². The number of carbonyl (C=O) groups excluding carboxylic acids is 1. The first kappa shape index (κ1) is 25.2. The molecule has 3 nitrogen and oxygen atoms in total. The van der Waals surface area contributed by atoms with Crippen LogP contribution in [0.1, 0.15) is 107 Å². The first-order valence-electron chi connectivity index (χ1n) is 13.5. The molecule has 0 heterocycles. The maximum absolute atomic E-state index is 14.0. The molecule has 4 aliphatic rings. The molecular formula is C30H48O3. The minimum Gasteiger partial charge on any atom is -0.393 e. The normalized spacial score (nSPS) is 45.2. The molecule has 0 aromatic rings. The average molecular weight is 457 g/mol. The Balaban J connectivity index is 1.75. The molecule has 3 heteroatoms. The Hall–Kier alpha value is -0.930. The summed E-state index contributed by atoms with van der Waals surface area (Å²) in [6.45, 7) is 18.0. The first-order valence-corrected chi connectivity index (χ1v) is 13.5. The Bertz CT molecular complexity index is 877. The van der Waals surface area contributed by atoms with Gasteiger partial charge in [0.1, 0.15) is 0 Å². The van der Waals surface area contributed by atoms with Gasteiger partial charge in [-0.15, -0.1) is 0 Å². The molecule has 0 radical (unpaired) electrons. The number of rotatable bonds is 4. The lowest BCUT2D eigenvalue weighted by molar-refractivity contribution is -0.137. The zero-order valence-electron chi connectivity index (χ0n) is 22.4. The fourth-order valence-electron chi connectivity index (χ4n) is 9.22. The second-order valence-corrected chi connectivity index (χ2v) is 13.7. The van der Waals surface area contributed by atoms with Gasteiger partial charge < -0.3 is 10.2 Å². The van der Waals surface area contributed by atoms with Crippen LogP contribution in [0.25, 0.3) is 0 Å². The van der Waals surface area contributed by atoms with E-state index in [1.165, 1.54) is 5.57 Å². The third-order valence-electron chi connectivity index (χ3n) is 11.4. The fourth-order valence-corrected chi connectivity index (χ4v) is 9.22. The molecule has 0 saturated heterocycles. The van der Waals surface area contributed by atoms with E-state index in [1.807, 2.05) is 0 Å². The first-order chi connectivity index (χ1) is 15.2. The number of allylic oxidation sites excluding steroid dienone is 3. The van der Waals surface area contributed by atoms with Crippen LogP contribution in [0.15, 0.2) is 22.8 Å². The summed E-state index contributed by atoms with van der Waals surface area (Å²) < 4.78 is 0. The number of hydrogen-bond acceptors (Lipinski definition) is 3. The smallest absolute Gasteiger partial charge is 0.160 e. The second-order valence-electron chi connectivity index (χ2n) is 13.7. The van der Waals surface area contributed by atoms with Crippen molar-refractivity contribution in [1.82, 2.24) is 0 Å². The van der Waals surface area contributed by atoms with Gasteiger partial charge in [-0.25, -0.2) is 0 Å². The highest BCUT2D eigenvalue weighted by Crippen LogP contribution is 2.71. The molecule has 4 aliphatic carbocycles.